The molecule has 1 amide bonds. The molecule has 0 heterocycles. The van der Waals surface area contributed by atoms with Gasteiger partial charge in [0, 0.05) is 11.5 Å². The molecule has 0 bridgehead atoms. The average molecular weight is 356 g/mol. The third-order valence-corrected chi connectivity index (χ3v) is 5.60. The van der Waals surface area contributed by atoms with E-state index in [0.29, 0.717) is 11.1 Å². The van der Waals surface area contributed by atoms with E-state index in [-0.39, 0.29) is 16.7 Å². The molecule has 6 heteroatoms. The van der Waals surface area contributed by atoms with E-state index < -0.39 is 15.6 Å². The fourth-order valence-electron chi connectivity index (χ4n) is 3.27. The molecule has 0 radical (unpaired) electrons. The summed E-state index contributed by atoms with van der Waals surface area (Å²) >= 11 is 0. The van der Waals surface area contributed by atoms with Crippen LogP contribution in [0.25, 0.3) is 0 Å². The van der Waals surface area contributed by atoms with Gasteiger partial charge in [0.05, 0.1) is 10.4 Å². The second-order valence-electron chi connectivity index (χ2n) is 6.47. The molecule has 130 valence electrons. The Morgan fingerprint density at radius 2 is 1.92 bits per heavy atom. The van der Waals surface area contributed by atoms with Gasteiger partial charge < -0.3 is 5.32 Å². The quantitative estimate of drug-likeness (QED) is 0.871. The summed E-state index contributed by atoms with van der Waals surface area (Å²) in [4.78, 5) is 12.8. The van der Waals surface area contributed by atoms with Gasteiger partial charge in [0.2, 0.25) is 10.0 Å². The fourth-order valence-corrected chi connectivity index (χ4v) is 4.05. The maximum Gasteiger partial charge on any atom is 0.252 e. The molecule has 0 aromatic heterocycles. The van der Waals surface area contributed by atoms with Crippen molar-refractivity contribution in [2.24, 2.45) is 11.1 Å². The van der Waals surface area contributed by atoms with Gasteiger partial charge in [-0.2, -0.15) is 0 Å². The van der Waals surface area contributed by atoms with Gasteiger partial charge in [0.1, 0.15) is 0 Å². The van der Waals surface area contributed by atoms with Crippen LogP contribution < -0.4 is 10.5 Å². The number of hydrogen-bond acceptors (Lipinski definition) is 3. The van der Waals surface area contributed by atoms with Crippen molar-refractivity contribution in [3.63, 3.8) is 0 Å². The number of fused-ring (bicyclic) bond motifs is 1. The Labute approximate surface area is 147 Å². The van der Waals surface area contributed by atoms with Crippen LogP contribution in [0.1, 0.15) is 22.8 Å². The first kappa shape index (κ1) is 17.4. The predicted octanol–water partition coefficient (Wildman–Crippen LogP) is 2.34. The predicted molar refractivity (Wildman–Crippen MR) is 98.1 cm³/mol. The van der Waals surface area contributed by atoms with E-state index in [1.165, 1.54) is 6.08 Å². The number of carbonyl (C=O) groups is 1. The van der Waals surface area contributed by atoms with Crippen molar-refractivity contribution in [1.29, 1.82) is 0 Å². The minimum atomic E-state index is -3.84. The summed E-state index contributed by atoms with van der Waals surface area (Å²) in [6.45, 7) is 3.75. The molecule has 2 unspecified atom stereocenters. The lowest BCUT2D eigenvalue weighted by atomic mass is 9.75. The van der Waals surface area contributed by atoms with Crippen molar-refractivity contribution < 1.29 is 13.2 Å². The molecule has 2 aliphatic rings. The number of hydrogen-bond donors (Lipinski definition) is 2. The lowest BCUT2D eigenvalue weighted by Crippen LogP contribution is -2.52. The number of nitrogens with two attached hydrogens (primary N) is 1. The number of aryl methyl sites for hydroxylation is 1. The molecule has 0 saturated carbocycles. The molecule has 0 saturated heterocycles. The molecule has 5 nitrogen and oxygen atoms in total. The van der Waals surface area contributed by atoms with Crippen molar-refractivity contribution in [1.82, 2.24) is 5.32 Å². The van der Waals surface area contributed by atoms with Crippen molar-refractivity contribution >= 4 is 15.9 Å². The molecule has 3 N–H and O–H groups in total. The maximum absolute atomic E-state index is 12.7. The summed E-state index contributed by atoms with van der Waals surface area (Å²) in [5.74, 6) is -0.518. The summed E-state index contributed by atoms with van der Waals surface area (Å²) in [6, 6.07) is 7.34. The third-order valence-electron chi connectivity index (χ3n) is 4.62. The third kappa shape index (κ3) is 3.23. The van der Waals surface area contributed by atoms with E-state index in [2.05, 4.69) is 5.32 Å². The van der Waals surface area contributed by atoms with E-state index in [1.807, 2.05) is 44.2 Å². The summed E-state index contributed by atoms with van der Waals surface area (Å²) in [7, 11) is -3.84. The Balaban J connectivity index is 1.98. The molecular weight excluding hydrogens is 336 g/mol. The molecule has 25 heavy (non-hydrogen) atoms. The second kappa shape index (κ2) is 6.13. The number of nitrogens with one attached hydrogen (secondary N) is 1. The van der Waals surface area contributed by atoms with Crippen LogP contribution in [0.15, 0.2) is 71.2 Å². The van der Waals surface area contributed by atoms with Crippen molar-refractivity contribution in [3.8, 4) is 0 Å². The molecule has 0 aliphatic heterocycles. The summed E-state index contributed by atoms with van der Waals surface area (Å²) in [5, 5.41) is 8.38. The van der Waals surface area contributed by atoms with Crippen LogP contribution >= 0.6 is 0 Å². The highest BCUT2D eigenvalue weighted by molar-refractivity contribution is 7.93. The fraction of sp³-hybridized carbons (Fsp3) is 0.211. The number of amides is 1. The van der Waals surface area contributed by atoms with Gasteiger partial charge in [-0.15, -0.1) is 0 Å². The molecule has 1 aromatic carbocycles. The van der Waals surface area contributed by atoms with Gasteiger partial charge in [-0.3, -0.25) is 4.79 Å². The first-order chi connectivity index (χ1) is 11.7. The van der Waals surface area contributed by atoms with Crippen LogP contribution in [-0.4, -0.2) is 19.9 Å². The first-order valence-corrected chi connectivity index (χ1v) is 9.46. The van der Waals surface area contributed by atoms with Crippen molar-refractivity contribution in [2.45, 2.75) is 19.4 Å². The molecule has 2 atom stereocenters. The SMILES string of the molecule is Cc1ccccc1C(=O)NC1(C)C=CC(S(N)(=O)=O)=C2C=CC=CC21. The Hall–Kier alpha value is -2.44. The summed E-state index contributed by atoms with van der Waals surface area (Å²) < 4.78 is 23.7. The number of primary sulfonamides is 1. The van der Waals surface area contributed by atoms with Gasteiger partial charge in [-0.05, 0) is 37.1 Å². The van der Waals surface area contributed by atoms with E-state index in [9.17, 15) is 13.2 Å². The van der Waals surface area contributed by atoms with Crippen LogP contribution in [0.3, 0.4) is 0 Å². The van der Waals surface area contributed by atoms with Crippen LogP contribution in [0.5, 0.6) is 0 Å². The van der Waals surface area contributed by atoms with Crippen molar-refractivity contribution in [2.75, 3.05) is 0 Å². The molecular formula is C19H20N2O3S. The maximum atomic E-state index is 12.7. The van der Waals surface area contributed by atoms with Crippen molar-refractivity contribution in [3.05, 3.63) is 82.3 Å². The number of rotatable bonds is 3. The number of carbonyl (C=O) groups excluding carboxylic acids is 1. The van der Waals surface area contributed by atoms with E-state index in [0.717, 1.165) is 5.56 Å². The van der Waals surface area contributed by atoms with Crippen LogP contribution in [0, 0.1) is 12.8 Å². The average Bonchev–Trinajstić information content (AvgIpc) is 2.54. The van der Waals surface area contributed by atoms with Crippen LogP contribution in [0.4, 0.5) is 0 Å². The van der Waals surface area contributed by atoms with Gasteiger partial charge in [0.15, 0.2) is 0 Å². The molecule has 2 aliphatic carbocycles. The summed E-state index contributed by atoms with van der Waals surface area (Å²) in [6.07, 6.45) is 10.4. The van der Waals surface area contributed by atoms with Gasteiger partial charge in [0.25, 0.3) is 5.91 Å². The van der Waals surface area contributed by atoms with E-state index in [4.69, 9.17) is 5.14 Å². The van der Waals surface area contributed by atoms with E-state index in [1.54, 1.807) is 24.3 Å². The highest BCUT2D eigenvalue weighted by Gasteiger charge is 2.39. The summed E-state index contributed by atoms with van der Waals surface area (Å²) in [5.41, 5.74) is 1.29. The lowest BCUT2D eigenvalue weighted by Gasteiger charge is -2.39. The molecule has 1 aromatic rings. The largest absolute Gasteiger partial charge is 0.342 e. The topological polar surface area (TPSA) is 89.3 Å². The minimum Gasteiger partial charge on any atom is -0.342 e. The van der Waals surface area contributed by atoms with Crippen LogP contribution in [-0.2, 0) is 10.0 Å². The number of benzene rings is 1. The van der Waals surface area contributed by atoms with Gasteiger partial charge in [-0.1, -0.05) is 48.6 Å². The first-order valence-electron chi connectivity index (χ1n) is 7.91. The monoisotopic (exact) mass is 356 g/mol. The Morgan fingerprint density at radius 3 is 2.60 bits per heavy atom. The minimum absolute atomic E-state index is 0.0840. The standard InChI is InChI=1S/C19H20N2O3S/c1-13-7-3-4-8-14(13)18(22)21-19(2)12-11-17(25(20,23)24)15-9-5-6-10-16(15)19/h3-12,16H,1-2H3,(H,21,22)(H2,20,23,24). The Bertz CT molecular complexity index is 955. The molecule has 0 spiro atoms. The highest BCUT2D eigenvalue weighted by Crippen LogP contribution is 2.38. The Morgan fingerprint density at radius 1 is 1.20 bits per heavy atom. The van der Waals surface area contributed by atoms with Crippen LogP contribution in [0.2, 0.25) is 0 Å². The number of sulfonamides is 1. The zero-order valence-corrected chi connectivity index (χ0v) is 14.9. The Kier molecular flexibility index (Phi) is 4.26. The highest BCUT2D eigenvalue weighted by atomic mass is 32.2. The van der Waals surface area contributed by atoms with Gasteiger partial charge >= 0.3 is 0 Å². The van der Waals surface area contributed by atoms with E-state index >= 15 is 0 Å². The molecule has 0 fully saturated rings. The lowest BCUT2D eigenvalue weighted by molar-refractivity contribution is 0.0911. The second-order valence-corrected chi connectivity index (χ2v) is 8.00. The smallest absolute Gasteiger partial charge is 0.252 e. The van der Waals surface area contributed by atoms with Gasteiger partial charge in [-0.25, -0.2) is 13.6 Å². The zero-order chi connectivity index (χ0) is 18.2. The molecule has 3 rings (SSSR count). The normalized spacial score (nSPS) is 25.0. The zero-order valence-electron chi connectivity index (χ0n) is 14.1. The number of allylic oxidation sites excluding steroid dienone is 4.